The summed E-state index contributed by atoms with van der Waals surface area (Å²) in [4.78, 5) is 3.95. The monoisotopic (exact) mass is 174 g/mol. The molecule has 1 aromatic heterocycles. The Hall–Kier alpha value is -1.82. The molecule has 0 aliphatic heterocycles. The van der Waals surface area contributed by atoms with E-state index in [9.17, 15) is 0 Å². The fourth-order valence-corrected chi connectivity index (χ4v) is 0.787. The first kappa shape index (κ1) is 9.27. The van der Waals surface area contributed by atoms with Gasteiger partial charge in [0.05, 0.1) is 0 Å². The largest absolute Gasteiger partial charge is 0.473 e. The van der Waals surface area contributed by atoms with Gasteiger partial charge in [-0.2, -0.15) is 5.26 Å². The molecular formula is C10H10N2O. The fourth-order valence-electron chi connectivity index (χ4n) is 0.787. The lowest BCUT2D eigenvalue weighted by molar-refractivity contribution is 0.348. The zero-order valence-corrected chi connectivity index (χ0v) is 7.40. The smallest absolute Gasteiger partial charge is 0.214 e. The van der Waals surface area contributed by atoms with Gasteiger partial charge in [-0.1, -0.05) is 18.2 Å². The molecular weight excluding hydrogens is 164 g/mol. The Kier molecular flexibility index (Phi) is 3.52. The highest BCUT2D eigenvalue weighted by atomic mass is 16.5. The summed E-state index contributed by atoms with van der Waals surface area (Å²) in [5.74, 6) is 0.483. The summed E-state index contributed by atoms with van der Waals surface area (Å²) in [5, 5.41) is 8.55. The van der Waals surface area contributed by atoms with Crippen molar-refractivity contribution in [2.75, 3.05) is 6.61 Å². The van der Waals surface area contributed by atoms with Gasteiger partial charge in [-0.05, 0) is 13.0 Å². The van der Waals surface area contributed by atoms with Crippen LogP contribution in [0.15, 0.2) is 30.4 Å². The van der Waals surface area contributed by atoms with Gasteiger partial charge in [-0.25, -0.2) is 4.98 Å². The summed E-state index contributed by atoms with van der Waals surface area (Å²) in [7, 11) is 0. The molecule has 0 aromatic carbocycles. The predicted octanol–water partition coefficient (Wildman–Crippen LogP) is 1.91. The van der Waals surface area contributed by atoms with Crippen LogP contribution in [0, 0.1) is 11.3 Å². The van der Waals surface area contributed by atoms with Crippen LogP contribution in [0.4, 0.5) is 0 Å². The molecule has 0 unspecified atom stereocenters. The highest BCUT2D eigenvalue weighted by Gasteiger charge is 1.95. The Morgan fingerprint density at radius 1 is 1.62 bits per heavy atom. The average Bonchev–Trinajstić information content (AvgIpc) is 2.19. The Morgan fingerprint density at radius 2 is 2.46 bits per heavy atom. The zero-order valence-electron chi connectivity index (χ0n) is 7.40. The van der Waals surface area contributed by atoms with Crippen LogP contribution < -0.4 is 4.74 Å². The molecule has 0 radical (unpaired) electrons. The van der Waals surface area contributed by atoms with Gasteiger partial charge < -0.3 is 4.74 Å². The van der Waals surface area contributed by atoms with E-state index in [0.29, 0.717) is 18.2 Å². The zero-order chi connectivity index (χ0) is 9.52. The van der Waals surface area contributed by atoms with Gasteiger partial charge in [-0.15, -0.1) is 0 Å². The van der Waals surface area contributed by atoms with E-state index in [0.717, 1.165) is 0 Å². The van der Waals surface area contributed by atoms with E-state index >= 15 is 0 Å². The quantitative estimate of drug-likeness (QED) is 0.657. The van der Waals surface area contributed by atoms with Crippen molar-refractivity contribution in [3.8, 4) is 11.9 Å². The third kappa shape index (κ3) is 2.96. The highest BCUT2D eigenvalue weighted by Crippen LogP contribution is 2.06. The number of rotatable bonds is 3. The van der Waals surface area contributed by atoms with Gasteiger partial charge in [0.15, 0.2) is 0 Å². The Bertz CT molecular complexity index is 339. The molecule has 0 saturated heterocycles. The summed E-state index contributed by atoms with van der Waals surface area (Å²) < 4.78 is 5.24. The Balaban J connectivity index is 2.62. The molecule has 0 saturated carbocycles. The van der Waals surface area contributed by atoms with E-state index in [1.807, 2.05) is 25.1 Å². The second-order valence-corrected chi connectivity index (χ2v) is 2.35. The fraction of sp³-hybridized carbons (Fsp3) is 0.200. The summed E-state index contributed by atoms with van der Waals surface area (Å²) >= 11 is 0. The number of nitrogens with zero attached hydrogens (tertiary/aromatic N) is 2. The standard InChI is InChI=1S/C10H10N2O/c1-2-3-7-13-10-6-4-5-9(8-11)12-10/h2-6H,7H2,1H3. The Labute approximate surface area is 77.3 Å². The van der Waals surface area contributed by atoms with Gasteiger partial charge in [0.2, 0.25) is 5.88 Å². The first-order chi connectivity index (χ1) is 6.36. The molecule has 3 heteroatoms. The van der Waals surface area contributed by atoms with Gasteiger partial charge in [0.1, 0.15) is 18.4 Å². The molecule has 0 aliphatic carbocycles. The van der Waals surface area contributed by atoms with Crippen LogP contribution in [0.25, 0.3) is 0 Å². The minimum absolute atomic E-state index is 0.373. The number of aromatic nitrogens is 1. The molecule has 0 spiro atoms. The minimum atomic E-state index is 0.373. The van der Waals surface area contributed by atoms with E-state index in [2.05, 4.69) is 4.98 Å². The Morgan fingerprint density at radius 3 is 3.15 bits per heavy atom. The lowest BCUT2D eigenvalue weighted by Gasteiger charge is -2.00. The lowest BCUT2D eigenvalue weighted by Crippen LogP contribution is -1.96. The molecule has 0 aliphatic rings. The van der Waals surface area contributed by atoms with Crippen LogP contribution in [0.5, 0.6) is 5.88 Å². The van der Waals surface area contributed by atoms with E-state index < -0.39 is 0 Å². The number of hydrogen-bond donors (Lipinski definition) is 0. The van der Waals surface area contributed by atoms with Crippen molar-refractivity contribution in [2.45, 2.75) is 6.92 Å². The van der Waals surface area contributed by atoms with Crippen LogP contribution in [-0.4, -0.2) is 11.6 Å². The minimum Gasteiger partial charge on any atom is -0.473 e. The van der Waals surface area contributed by atoms with Gasteiger partial charge in [0.25, 0.3) is 0 Å². The van der Waals surface area contributed by atoms with Gasteiger partial charge in [-0.3, -0.25) is 0 Å². The van der Waals surface area contributed by atoms with Crippen molar-refractivity contribution < 1.29 is 4.74 Å². The van der Waals surface area contributed by atoms with Crippen molar-refractivity contribution in [3.63, 3.8) is 0 Å². The maximum atomic E-state index is 8.55. The van der Waals surface area contributed by atoms with E-state index in [-0.39, 0.29) is 0 Å². The van der Waals surface area contributed by atoms with Crippen LogP contribution in [0.3, 0.4) is 0 Å². The summed E-state index contributed by atoms with van der Waals surface area (Å²) in [6.07, 6.45) is 3.77. The highest BCUT2D eigenvalue weighted by molar-refractivity contribution is 5.24. The topological polar surface area (TPSA) is 45.9 Å². The third-order valence-corrected chi connectivity index (χ3v) is 1.40. The second-order valence-electron chi connectivity index (χ2n) is 2.35. The van der Waals surface area contributed by atoms with Gasteiger partial charge in [0, 0.05) is 6.07 Å². The van der Waals surface area contributed by atoms with E-state index in [1.54, 1.807) is 18.2 Å². The number of nitriles is 1. The van der Waals surface area contributed by atoms with Gasteiger partial charge >= 0.3 is 0 Å². The molecule has 1 aromatic rings. The molecule has 13 heavy (non-hydrogen) atoms. The van der Waals surface area contributed by atoms with Crippen LogP contribution >= 0.6 is 0 Å². The van der Waals surface area contributed by atoms with Crippen molar-refractivity contribution in [3.05, 3.63) is 36.0 Å². The maximum Gasteiger partial charge on any atom is 0.214 e. The molecule has 0 atom stereocenters. The molecule has 0 amide bonds. The SMILES string of the molecule is CC=CCOc1cccc(C#N)n1. The number of hydrogen-bond acceptors (Lipinski definition) is 3. The number of allylic oxidation sites excluding steroid dienone is 1. The molecule has 0 fully saturated rings. The number of pyridine rings is 1. The molecule has 1 rings (SSSR count). The molecule has 3 nitrogen and oxygen atoms in total. The van der Waals surface area contributed by atoms with E-state index in [4.69, 9.17) is 10.00 Å². The van der Waals surface area contributed by atoms with Crippen molar-refractivity contribution in [1.29, 1.82) is 5.26 Å². The molecule has 0 N–H and O–H groups in total. The predicted molar refractivity (Wildman–Crippen MR) is 49.3 cm³/mol. The van der Waals surface area contributed by atoms with Crippen molar-refractivity contribution >= 4 is 0 Å². The first-order valence-corrected chi connectivity index (χ1v) is 3.98. The van der Waals surface area contributed by atoms with Crippen molar-refractivity contribution in [2.24, 2.45) is 0 Å². The summed E-state index contributed by atoms with van der Waals surface area (Å²) in [5.41, 5.74) is 0.373. The molecule has 66 valence electrons. The van der Waals surface area contributed by atoms with Crippen LogP contribution in [0.2, 0.25) is 0 Å². The average molecular weight is 174 g/mol. The number of ether oxygens (including phenoxy) is 1. The third-order valence-electron chi connectivity index (χ3n) is 1.40. The molecule has 0 bridgehead atoms. The normalized spacial score (nSPS) is 9.85. The molecule has 1 heterocycles. The summed E-state index contributed by atoms with van der Waals surface area (Å²) in [6.45, 7) is 2.40. The van der Waals surface area contributed by atoms with Crippen LogP contribution in [-0.2, 0) is 0 Å². The summed E-state index contributed by atoms with van der Waals surface area (Å²) in [6, 6.07) is 7.06. The lowest BCUT2D eigenvalue weighted by atomic mass is 10.4. The van der Waals surface area contributed by atoms with E-state index in [1.165, 1.54) is 0 Å². The second kappa shape index (κ2) is 4.94. The van der Waals surface area contributed by atoms with Crippen molar-refractivity contribution in [1.82, 2.24) is 4.98 Å². The van der Waals surface area contributed by atoms with Crippen LogP contribution in [0.1, 0.15) is 12.6 Å². The first-order valence-electron chi connectivity index (χ1n) is 3.98. The maximum absolute atomic E-state index is 8.55.